The molecule has 3 aromatic rings. The first-order valence-electron chi connectivity index (χ1n) is 8.02. The van der Waals surface area contributed by atoms with E-state index >= 15 is 0 Å². The maximum absolute atomic E-state index is 4.26. The summed E-state index contributed by atoms with van der Waals surface area (Å²) < 4.78 is 3.00. The van der Waals surface area contributed by atoms with Crippen LogP contribution in [0.4, 0.5) is 0 Å². The fourth-order valence-corrected chi connectivity index (χ4v) is 3.82. The number of aliphatic imine (C=N–C) groups is 1. The van der Waals surface area contributed by atoms with Crippen LogP contribution in [0.2, 0.25) is 0 Å². The van der Waals surface area contributed by atoms with Crippen LogP contribution in [0.5, 0.6) is 0 Å². The summed E-state index contributed by atoms with van der Waals surface area (Å²) in [5.41, 5.74) is 2.35. The van der Waals surface area contributed by atoms with Gasteiger partial charge >= 0.3 is 0 Å². The Bertz CT molecular complexity index is 808. The molecule has 0 spiro atoms. The number of nitrogens with one attached hydrogen (secondary N) is 2. The molecule has 0 atom stereocenters. The number of nitrogens with zero attached hydrogens (tertiary/aromatic N) is 3. The molecule has 0 bridgehead atoms. The number of benzene rings is 1. The van der Waals surface area contributed by atoms with Gasteiger partial charge in [0.05, 0.1) is 16.0 Å². The minimum absolute atomic E-state index is 0.772. The molecule has 0 amide bonds. The van der Waals surface area contributed by atoms with Crippen LogP contribution in [0.1, 0.15) is 10.4 Å². The van der Waals surface area contributed by atoms with Gasteiger partial charge in [-0.05, 0) is 58.2 Å². The van der Waals surface area contributed by atoms with E-state index < -0.39 is 0 Å². The molecule has 2 N–H and O–H groups in total. The summed E-state index contributed by atoms with van der Waals surface area (Å²) in [4.78, 5) is 5.53. The standard InChI is InChI=1S/C18H20BrN5S/c1-20-18(22-13-16-7-8-17(19)25-16)21-11-9-14-3-5-15(6-4-14)24-12-2-10-23-24/h2-8,10,12H,9,11,13H2,1H3,(H2,20,21,22). The Balaban J connectivity index is 1.44. The number of rotatable bonds is 6. The summed E-state index contributed by atoms with van der Waals surface area (Å²) in [7, 11) is 1.79. The predicted octanol–water partition coefficient (Wildman–Crippen LogP) is 3.60. The van der Waals surface area contributed by atoms with Crippen LogP contribution in [0.3, 0.4) is 0 Å². The molecule has 130 valence electrons. The molecule has 25 heavy (non-hydrogen) atoms. The highest BCUT2D eigenvalue weighted by Gasteiger charge is 2.02. The summed E-state index contributed by atoms with van der Waals surface area (Å²) in [5.74, 6) is 0.817. The number of thiophene rings is 1. The van der Waals surface area contributed by atoms with Crippen LogP contribution in [0.15, 0.2) is 63.6 Å². The second kappa shape index (κ2) is 8.82. The number of hydrogen-bond acceptors (Lipinski definition) is 3. The molecule has 0 radical (unpaired) electrons. The van der Waals surface area contributed by atoms with Crippen molar-refractivity contribution in [2.24, 2.45) is 4.99 Å². The maximum atomic E-state index is 4.26. The van der Waals surface area contributed by atoms with E-state index in [2.05, 4.69) is 73.1 Å². The van der Waals surface area contributed by atoms with Crippen molar-refractivity contribution in [2.75, 3.05) is 13.6 Å². The minimum atomic E-state index is 0.772. The number of hydrogen-bond donors (Lipinski definition) is 2. The van der Waals surface area contributed by atoms with E-state index in [0.717, 1.165) is 34.9 Å². The molecule has 0 aliphatic rings. The van der Waals surface area contributed by atoms with Gasteiger partial charge in [0.1, 0.15) is 0 Å². The van der Waals surface area contributed by atoms with Gasteiger partial charge in [-0.2, -0.15) is 5.10 Å². The van der Waals surface area contributed by atoms with Crippen LogP contribution < -0.4 is 10.6 Å². The zero-order valence-electron chi connectivity index (χ0n) is 13.9. The van der Waals surface area contributed by atoms with Crippen molar-refractivity contribution < 1.29 is 0 Å². The van der Waals surface area contributed by atoms with Gasteiger partial charge in [0.25, 0.3) is 0 Å². The normalized spacial score (nSPS) is 11.5. The molecule has 0 aliphatic carbocycles. The molecule has 0 unspecified atom stereocenters. The second-order valence-electron chi connectivity index (χ2n) is 5.43. The van der Waals surface area contributed by atoms with E-state index in [1.807, 2.05) is 16.9 Å². The predicted molar refractivity (Wildman–Crippen MR) is 107 cm³/mol. The first-order chi connectivity index (χ1) is 12.2. The van der Waals surface area contributed by atoms with Crippen LogP contribution in [0, 0.1) is 0 Å². The first kappa shape index (κ1) is 17.7. The summed E-state index contributed by atoms with van der Waals surface area (Å²) in [6.07, 6.45) is 4.66. The Morgan fingerprint density at radius 3 is 2.68 bits per heavy atom. The molecule has 5 nitrogen and oxygen atoms in total. The molecule has 0 aliphatic heterocycles. The zero-order chi connectivity index (χ0) is 17.5. The lowest BCUT2D eigenvalue weighted by Crippen LogP contribution is -2.37. The average Bonchev–Trinajstić information content (AvgIpc) is 3.30. The van der Waals surface area contributed by atoms with Crippen molar-refractivity contribution in [1.29, 1.82) is 0 Å². The molecule has 1 aromatic carbocycles. The summed E-state index contributed by atoms with van der Waals surface area (Å²) in [6.45, 7) is 1.60. The fraction of sp³-hybridized carbons (Fsp3) is 0.222. The zero-order valence-corrected chi connectivity index (χ0v) is 16.3. The molecule has 7 heteroatoms. The third-order valence-electron chi connectivity index (χ3n) is 3.69. The molecule has 3 rings (SSSR count). The minimum Gasteiger partial charge on any atom is -0.356 e. The van der Waals surface area contributed by atoms with Crippen molar-refractivity contribution in [3.63, 3.8) is 0 Å². The van der Waals surface area contributed by atoms with Crippen LogP contribution in [-0.4, -0.2) is 29.3 Å². The Morgan fingerprint density at radius 1 is 1.20 bits per heavy atom. The van der Waals surface area contributed by atoms with Gasteiger partial charge in [0.2, 0.25) is 0 Å². The largest absolute Gasteiger partial charge is 0.356 e. The van der Waals surface area contributed by atoms with E-state index in [4.69, 9.17) is 0 Å². The highest BCUT2D eigenvalue weighted by Crippen LogP contribution is 2.21. The van der Waals surface area contributed by atoms with Gasteiger partial charge in [-0.15, -0.1) is 11.3 Å². The van der Waals surface area contributed by atoms with Crippen molar-refractivity contribution in [2.45, 2.75) is 13.0 Å². The number of aromatic nitrogens is 2. The Hall–Kier alpha value is -2.12. The van der Waals surface area contributed by atoms with E-state index in [0.29, 0.717) is 0 Å². The van der Waals surface area contributed by atoms with Crippen molar-refractivity contribution >= 4 is 33.2 Å². The van der Waals surface area contributed by atoms with E-state index in [9.17, 15) is 0 Å². The summed E-state index contributed by atoms with van der Waals surface area (Å²) in [5, 5.41) is 10.9. The van der Waals surface area contributed by atoms with Gasteiger partial charge in [0, 0.05) is 30.9 Å². The van der Waals surface area contributed by atoms with Crippen LogP contribution in [-0.2, 0) is 13.0 Å². The van der Waals surface area contributed by atoms with Gasteiger partial charge in [-0.1, -0.05) is 12.1 Å². The Labute approximate surface area is 159 Å². The van der Waals surface area contributed by atoms with Gasteiger partial charge < -0.3 is 10.6 Å². The molecular weight excluding hydrogens is 398 g/mol. The molecule has 2 heterocycles. The van der Waals surface area contributed by atoms with Crippen LogP contribution in [0.25, 0.3) is 5.69 Å². The lowest BCUT2D eigenvalue weighted by atomic mass is 10.1. The highest BCUT2D eigenvalue weighted by atomic mass is 79.9. The summed E-state index contributed by atoms with van der Waals surface area (Å²) in [6, 6.07) is 14.5. The van der Waals surface area contributed by atoms with Crippen LogP contribution >= 0.6 is 27.3 Å². The quantitative estimate of drug-likeness (QED) is 0.475. The lowest BCUT2D eigenvalue weighted by Gasteiger charge is -2.11. The highest BCUT2D eigenvalue weighted by molar-refractivity contribution is 9.11. The van der Waals surface area contributed by atoms with Gasteiger partial charge in [-0.25, -0.2) is 4.68 Å². The van der Waals surface area contributed by atoms with Gasteiger partial charge in [-0.3, -0.25) is 4.99 Å². The second-order valence-corrected chi connectivity index (χ2v) is 7.97. The number of guanidine groups is 1. The third-order valence-corrected chi connectivity index (χ3v) is 5.32. The monoisotopic (exact) mass is 417 g/mol. The average molecular weight is 418 g/mol. The molecule has 0 saturated carbocycles. The fourth-order valence-electron chi connectivity index (χ4n) is 2.40. The van der Waals surface area contributed by atoms with Crippen molar-refractivity contribution in [1.82, 2.24) is 20.4 Å². The molecule has 0 saturated heterocycles. The number of halogens is 1. The summed E-state index contributed by atoms with van der Waals surface area (Å²) >= 11 is 5.21. The van der Waals surface area contributed by atoms with Crippen molar-refractivity contribution in [3.8, 4) is 5.69 Å². The Kier molecular flexibility index (Phi) is 6.25. The van der Waals surface area contributed by atoms with E-state index in [1.165, 1.54) is 10.4 Å². The van der Waals surface area contributed by atoms with E-state index in [1.54, 1.807) is 24.6 Å². The Morgan fingerprint density at radius 2 is 2.04 bits per heavy atom. The van der Waals surface area contributed by atoms with E-state index in [-0.39, 0.29) is 0 Å². The first-order valence-corrected chi connectivity index (χ1v) is 9.63. The smallest absolute Gasteiger partial charge is 0.191 e. The molecule has 0 fully saturated rings. The third kappa shape index (κ3) is 5.17. The topological polar surface area (TPSA) is 54.2 Å². The molecular formula is C18H20BrN5S. The SMILES string of the molecule is CN=C(NCCc1ccc(-n2cccn2)cc1)NCc1ccc(Br)s1. The molecule has 2 aromatic heterocycles. The van der Waals surface area contributed by atoms with Gasteiger partial charge in [0.15, 0.2) is 5.96 Å². The van der Waals surface area contributed by atoms with Crippen molar-refractivity contribution in [3.05, 3.63) is 69.1 Å². The lowest BCUT2D eigenvalue weighted by molar-refractivity contribution is 0.798. The maximum Gasteiger partial charge on any atom is 0.191 e.